The number of nitrogens with two attached hydrogens (primary N) is 1. The molecule has 3 heteroatoms. The van der Waals surface area contributed by atoms with Crippen LogP contribution < -0.4 is 10.5 Å². The van der Waals surface area contributed by atoms with Crippen molar-refractivity contribution < 1.29 is 4.74 Å². The van der Waals surface area contributed by atoms with Crippen LogP contribution in [0.4, 0.5) is 0 Å². The number of hydrogen-bond acceptors (Lipinski definition) is 2. The smallest absolute Gasteiger partial charge is 0.133 e. The lowest BCUT2D eigenvalue weighted by atomic mass is 9.72. The lowest BCUT2D eigenvalue weighted by molar-refractivity contribution is 0.315. The highest BCUT2D eigenvalue weighted by molar-refractivity contribution is 9.10. The monoisotopic (exact) mass is 345 g/mol. The second-order valence-electron chi connectivity index (χ2n) is 5.57. The van der Waals surface area contributed by atoms with Crippen molar-refractivity contribution in [3.8, 4) is 5.75 Å². The molecule has 2 aromatic rings. The van der Waals surface area contributed by atoms with Gasteiger partial charge in [0.1, 0.15) is 5.75 Å². The molecule has 0 aliphatic heterocycles. The molecule has 2 unspecified atom stereocenters. The molecule has 0 spiro atoms. The van der Waals surface area contributed by atoms with E-state index in [1.807, 2.05) is 6.07 Å². The molecular weight excluding hydrogens is 326 g/mol. The molecule has 0 heterocycles. The number of ether oxygens (including phenoxy) is 1. The second kappa shape index (κ2) is 6.20. The molecule has 0 aromatic heterocycles. The van der Waals surface area contributed by atoms with Crippen LogP contribution in [0.5, 0.6) is 5.75 Å². The first-order valence-electron chi connectivity index (χ1n) is 7.46. The summed E-state index contributed by atoms with van der Waals surface area (Å²) in [6, 6.07) is 14.8. The Morgan fingerprint density at radius 1 is 1.29 bits per heavy atom. The molecule has 2 nitrogen and oxygen atoms in total. The van der Waals surface area contributed by atoms with Crippen LogP contribution in [0.3, 0.4) is 0 Å². The SMILES string of the molecule is CCCOc1ccc(C(N)C2Cc3ccccc32)cc1Br. The topological polar surface area (TPSA) is 35.2 Å². The molecule has 0 fully saturated rings. The van der Waals surface area contributed by atoms with Crippen molar-refractivity contribution in [3.05, 3.63) is 63.6 Å². The van der Waals surface area contributed by atoms with Crippen LogP contribution >= 0.6 is 15.9 Å². The van der Waals surface area contributed by atoms with Gasteiger partial charge >= 0.3 is 0 Å². The minimum Gasteiger partial charge on any atom is -0.492 e. The quantitative estimate of drug-likeness (QED) is 0.860. The first kappa shape index (κ1) is 14.6. The molecule has 0 bridgehead atoms. The maximum atomic E-state index is 6.47. The molecule has 0 saturated heterocycles. The van der Waals surface area contributed by atoms with E-state index in [1.165, 1.54) is 11.1 Å². The van der Waals surface area contributed by atoms with Crippen LogP contribution in [0.1, 0.15) is 42.0 Å². The molecular formula is C18H20BrNO. The van der Waals surface area contributed by atoms with Crippen LogP contribution in [-0.2, 0) is 6.42 Å². The van der Waals surface area contributed by atoms with Crippen LogP contribution in [0.25, 0.3) is 0 Å². The predicted molar refractivity (Wildman–Crippen MR) is 89.7 cm³/mol. The highest BCUT2D eigenvalue weighted by Crippen LogP contribution is 2.43. The Morgan fingerprint density at radius 3 is 2.81 bits per heavy atom. The van der Waals surface area contributed by atoms with Crippen LogP contribution in [0, 0.1) is 0 Å². The first-order valence-corrected chi connectivity index (χ1v) is 8.25. The normalized spacial score (nSPS) is 17.8. The molecule has 110 valence electrons. The van der Waals surface area contributed by atoms with Gasteiger partial charge < -0.3 is 10.5 Å². The molecule has 0 radical (unpaired) electrons. The fourth-order valence-electron chi connectivity index (χ4n) is 2.90. The van der Waals surface area contributed by atoms with E-state index in [-0.39, 0.29) is 6.04 Å². The van der Waals surface area contributed by atoms with E-state index in [0.29, 0.717) is 5.92 Å². The Hall–Kier alpha value is -1.32. The van der Waals surface area contributed by atoms with E-state index < -0.39 is 0 Å². The number of fused-ring (bicyclic) bond motifs is 1. The number of hydrogen-bond donors (Lipinski definition) is 1. The summed E-state index contributed by atoms with van der Waals surface area (Å²) in [6.45, 7) is 2.84. The van der Waals surface area contributed by atoms with Gasteiger partial charge in [0.05, 0.1) is 11.1 Å². The fourth-order valence-corrected chi connectivity index (χ4v) is 3.41. The highest BCUT2D eigenvalue weighted by Gasteiger charge is 2.31. The maximum absolute atomic E-state index is 6.47. The maximum Gasteiger partial charge on any atom is 0.133 e. The van der Waals surface area contributed by atoms with E-state index in [0.717, 1.165) is 35.2 Å². The number of rotatable bonds is 5. The molecule has 3 rings (SSSR count). The minimum atomic E-state index is 0.0384. The Morgan fingerprint density at radius 2 is 2.10 bits per heavy atom. The highest BCUT2D eigenvalue weighted by atomic mass is 79.9. The van der Waals surface area contributed by atoms with Gasteiger partial charge in [-0.05, 0) is 57.6 Å². The molecule has 1 aliphatic rings. The van der Waals surface area contributed by atoms with Gasteiger partial charge in [-0.2, -0.15) is 0 Å². The lowest BCUT2D eigenvalue weighted by Gasteiger charge is -2.35. The van der Waals surface area contributed by atoms with Gasteiger partial charge in [-0.1, -0.05) is 37.3 Å². The van der Waals surface area contributed by atoms with Crippen molar-refractivity contribution in [1.82, 2.24) is 0 Å². The van der Waals surface area contributed by atoms with Crippen molar-refractivity contribution in [2.75, 3.05) is 6.61 Å². The van der Waals surface area contributed by atoms with Gasteiger partial charge in [0.15, 0.2) is 0 Å². The first-order chi connectivity index (χ1) is 10.2. The zero-order valence-electron chi connectivity index (χ0n) is 12.2. The summed E-state index contributed by atoms with van der Waals surface area (Å²) in [7, 11) is 0. The van der Waals surface area contributed by atoms with Gasteiger partial charge in [0, 0.05) is 12.0 Å². The van der Waals surface area contributed by atoms with Crippen LogP contribution in [0.15, 0.2) is 46.9 Å². The third-order valence-corrected chi connectivity index (χ3v) is 4.75. The Bertz CT molecular complexity index is 641. The van der Waals surface area contributed by atoms with Gasteiger partial charge in [-0.15, -0.1) is 0 Å². The minimum absolute atomic E-state index is 0.0384. The summed E-state index contributed by atoms with van der Waals surface area (Å²) in [5.74, 6) is 1.32. The molecule has 2 aromatic carbocycles. The summed E-state index contributed by atoms with van der Waals surface area (Å²) >= 11 is 3.59. The van der Waals surface area contributed by atoms with Gasteiger partial charge in [0.2, 0.25) is 0 Å². The Labute approximate surface area is 134 Å². The largest absolute Gasteiger partial charge is 0.492 e. The van der Waals surface area contributed by atoms with E-state index in [1.54, 1.807) is 0 Å². The lowest BCUT2D eigenvalue weighted by Crippen LogP contribution is -2.28. The predicted octanol–water partition coefficient (Wildman–Crippen LogP) is 4.58. The standard InChI is InChI=1S/C18H20BrNO/c1-2-9-21-17-8-7-13(11-16(17)19)18(20)15-10-12-5-3-4-6-14(12)15/h3-8,11,15,18H,2,9-10,20H2,1H3. The van der Waals surface area contributed by atoms with Crippen molar-refractivity contribution in [2.24, 2.45) is 5.73 Å². The molecule has 0 amide bonds. The van der Waals surface area contributed by atoms with E-state index >= 15 is 0 Å². The summed E-state index contributed by atoms with van der Waals surface area (Å²) in [6.07, 6.45) is 2.08. The average molecular weight is 346 g/mol. The van der Waals surface area contributed by atoms with Crippen molar-refractivity contribution in [3.63, 3.8) is 0 Å². The second-order valence-corrected chi connectivity index (χ2v) is 6.43. The van der Waals surface area contributed by atoms with Crippen LogP contribution in [0.2, 0.25) is 0 Å². The molecule has 1 aliphatic carbocycles. The summed E-state index contributed by atoms with van der Waals surface area (Å²) < 4.78 is 6.67. The summed E-state index contributed by atoms with van der Waals surface area (Å²) in [5.41, 5.74) is 10.5. The third-order valence-electron chi connectivity index (χ3n) is 4.13. The van der Waals surface area contributed by atoms with E-state index in [9.17, 15) is 0 Å². The van der Waals surface area contributed by atoms with Gasteiger partial charge in [-0.25, -0.2) is 0 Å². The van der Waals surface area contributed by atoms with Crippen molar-refractivity contribution in [2.45, 2.75) is 31.7 Å². The van der Waals surface area contributed by atoms with Crippen molar-refractivity contribution in [1.29, 1.82) is 0 Å². The average Bonchev–Trinajstić information content (AvgIpc) is 2.47. The summed E-state index contributed by atoms with van der Waals surface area (Å²) in [5, 5.41) is 0. The molecule has 21 heavy (non-hydrogen) atoms. The fraction of sp³-hybridized carbons (Fsp3) is 0.333. The van der Waals surface area contributed by atoms with E-state index in [2.05, 4.69) is 59.3 Å². The van der Waals surface area contributed by atoms with Crippen LogP contribution in [-0.4, -0.2) is 6.61 Å². The number of halogens is 1. The Balaban J connectivity index is 1.77. The molecule has 2 N–H and O–H groups in total. The molecule has 0 saturated carbocycles. The van der Waals surface area contributed by atoms with Crippen molar-refractivity contribution >= 4 is 15.9 Å². The van der Waals surface area contributed by atoms with Gasteiger partial charge in [0.25, 0.3) is 0 Å². The van der Waals surface area contributed by atoms with E-state index in [4.69, 9.17) is 10.5 Å². The summed E-state index contributed by atoms with van der Waals surface area (Å²) in [4.78, 5) is 0. The zero-order chi connectivity index (χ0) is 14.8. The zero-order valence-corrected chi connectivity index (χ0v) is 13.8. The molecule has 2 atom stereocenters. The number of benzene rings is 2. The third kappa shape index (κ3) is 2.85. The Kier molecular flexibility index (Phi) is 4.32. The van der Waals surface area contributed by atoms with Gasteiger partial charge in [-0.3, -0.25) is 0 Å².